The van der Waals surface area contributed by atoms with Crippen molar-refractivity contribution in [1.29, 1.82) is 0 Å². The Bertz CT molecular complexity index is 1020. The summed E-state index contributed by atoms with van der Waals surface area (Å²) >= 11 is 0. The third kappa shape index (κ3) is 4.03. The Kier molecular flexibility index (Phi) is 6.24. The van der Waals surface area contributed by atoms with Gasteiger partial charge in [0.1, 0.15) is 5.82 Å². The summed E-state index contributed by atoms with van der Waals surface area (Å²) in [5, 5.41) is 22.4. The molecule has 2 fully saturated rings. The molecule has 0 radical (unpaired) electrons. The highest BCUT2D eigenvalue weighted by molar-refractivity contribution is 5.82. The SMILES string of the molecule is O=c1c2cc(F)c(NC3CCCCC3)cc2n(C2CCCC2)c(=O)n1CC(O)CO. The highest BCUT2D eigenvalue weighted by Gasteiger charge is 2.25. The van der Waals surface area contributed by atoms with Crippen LogP contribution >= 0.6 is 0 Å². The number of hydrogen-bond donors (Lipinski definition) is 3. The maximum atomic E-state index is 14.9. The fourth-order valence-corrected chi connectivity index (χ4v) is 4.92. The van der Waals surface area contributed by atoms with E-state index in [4.69, 9.17) is 5.11 Å². The zero-order valence-electron chi connectivity index (χ0n) is 17.1. The first-order chi connectivity index (χ1) is 14.5. The summed E-state index contributed by atoms with van der Waals surface area (Å²) in [6, 6.07) is 2.94. The molecule has 1 atom stereocenters. The van der Waals surface area contributed by atoms with Crippen molar-refractivity contribution in [2.75, 3.05) is 11.9 Å². The molecule has 164 valence electrons. The molecule has 0 spiro atoms. The van der Waals surface area contributed by atoms with Crippen molar-refractivity contribution >= 4 is 16.6 Å². The minimum atomic E-state index is -1.23. The lowest BCUT2D eigenvalue weighted by Crippen LogP contribution is -2.44. The molecule has 3 N–H and O–H groups in total. The summed E-state index contributed by atoms with van der Waals surface area (Å²) in [4.78, 5) is 26.2. The number of nitrogens with one attached hydrogen (secondary N) is 1. The van der Waals surface area contributed by atoms with Gasteiger partial charge in [0.15, 0.2) is 0 Å². The number of hydrogen-bond acceptors (Lipinski definition) is 5. The van der Waals surface area contributed by atoms with Crippen LogP contribution in [0.3, 0.4) is 0 Å². The topological polar surface area (TPSA) is 96.5 Å². The van der Waals surface area contributed by atoms with E-state index in [0.29, 0.717) is 11.2 Å². The number of benzene rings is 1. The standard InChI is InChI=1S/C22H30FN3O4/c23-18-10-17-20(11-19(18)24-14-6-2-1-3-7-14)26(15-8-4-5-9-15)22(30)25(21(17)29)12-16(28)13-27/h10-11,14-16,24,27-28H,1-9,12-13H2. The molecule has 8 heteroatoms. The maximum absolute atomic E-state index is 14.9. The maximum Gasteiger partial charge on any atom is 0.331 e. The summed E-state index contributed by atoms with van der Waals surface area (Å²) in [6.07, 6.45) is 7.75. The van der Waals surface area contributed by atoms with Gasteiger partial charge in [0, 0.05) is 12.1 Å². The predicted molar refractivity (Wildman–Crippen MR) is 114 cm³/mol. The number of anilines is 1. The fourth-order valence-electron chi connectivity index (χ4n) is 4.92. The molecular formula is C22H30FN3O4. The van der Waals surface area contributed by atoms with Crippen molar-refractivity contribution in [2.45, 2.75) is 82.5 Å². The number of nitrogens with zero attached hydrogens (tertiary/aromatic N) is 2. The average Bonchev–Trinajstić information content (AvgIpc) is 3.27. The summed E-state index contributed by atoms with van der Waals surface area (Å²) in [5.74, 6) is -0.518. The average molecular weight is 419 g/mol. The van der Waals surface area contributed by atoms with Crippen LogP contribution in [0.2, 0.25) is 0 Å². The fraction of sp³-hybridized carbons (Fsp3) is 0.636. The lowest BCUT2D eigenvalue weighted by molar-refractivity contribution is 0.0789. The molecule has 1 unspecified atom stereocenters. The van der Waals surface area contributed by atoms with Crippen LogP contribution in [0, 0.1) is 5.82 Å². The van der Waals surface area contributed by atoms with E-state index < -0.39 is 29.8 Å². The van der Waals surface area contributed by atoms with Crippen LogP contribution in [0.5, 0.6) is 0 Å². The van der Waals surface area contributed by atoms with E-state index in [9.17, 15) is 19.1 Å². The second kappa shape index (κ2) is 8.89. The van der Waals surface area contributed by atoms with Gasteiger partial charge in [-0.2, -0.15) is 0 Å². The van der Waals surface area contributed by atoms with E-state index in [1.165, 1.54) is 12.5 Å². The highest BCUT2D eigenvalue weighted by Crippen LogP contribution is 2.32. The summed E-state index contributed by atoms with van der Waals surface area (Å²) in [7, 11) is 0. The van der Waals surface area contributed by atoms with Crippen molar-refractivity contribution in [3.8, 4) is 0 Å². The molecule has 2 saturated carbocycles. The van der Waals surface area contributed by atoms with E-state index in [2.05, 4.69) is 5.32 Å². The molecule has 1 aromatic heterocycles. The van der Waals surface area contributed by atoms with E-state index in [1.54, 1.807) is 10.6 Å². The van der Waals surface area contributed by atoms with E-state index >= 15 is 0 Å². The van der Waals surface area contributed by atoms with Gasteiger partial charge < -0.3 is 15.5 Å². The van der Waals surface area contributed by atoms with Crippen LogP contribution in [-0.2, 0) is 6.54 Å². The zero-order chi connectivity index (χ0) is 21.3. The lowest BCUT2D eigenvalue weighted by atomic mass is 9.95. The summed E-state index contributed by atoms with van der Waals surface area (Å²) < 4.78 is 17.5. The molecule has 2 aliphatic rings. The van der Waals surface area contributed by atoms with Crippen LogP contribution in [0.25, 0.3) is 10.9 Å². The molecule has 7 nitrogen and oxygen atoms in total. The van der Waals surface area contributed by atoms with Gasteiger partial charge in [-0.1, -0.05) is 32.1 Å². The Morgan fingerprint density at radius 1 is 1.07 bits per heavy atom. The molecule has 30 heavy (non-hydrogen) atoms. The minimum Gasteiger partial charge on any atom is -0.394 e. The smallest absolute Gasteiger partial charge is 0.331 e. The number of halogens is 1. The normalized spacial score (nSPS) is 19.4. The number of aromatic nitrogens is 2. The molecule has 0 amide bonds. The molecular weight excluding hydrogens is 389 g/mol. The van der Waals surface area contributed by atoms with Crippen molar-refractivity contribution in [1.82, 2.24) is 9.13 Å². The second-order valence-corrected chi connectivity index (χ2v) is 8.67. The summed E-state index contributed by atoms with van der Waals surface area (Å²) in [5.41, 5.74) is -0.388. The number of aliphatic hydroxyl groups excluding tert-OH is 2. The van der Waals surface area contributed by atoms with Gasteiger partial charge in [-0.25, -0.2) is 9.18 Å². The third-order valence-corrected chi connectivity index (χ3v) is 6.52. The van der Waals surface area contributed by atoms with Gasteiger partial charge in [-0.15, -0.1) is 0 Å². The molecule has 4 rings (SSSR count). The third-order valence-electron chi connectivity index (χ3n) is 6.52. The Morgan fingerprint density at radius 3 is 2.40 bits per heavy atom. The van der Waals surface area contributed by atoms with Gasteiger partial charge in [0.05, 0.1) is 35.8 Å². The van der Waals surface area contributed by atoms with Crippen LogP contribution < -0.4 is 16.6 Å². The quantitative estimate of drug-likeness (QED) is 0.669. The van der Waals surface area contributed by atoms with Gasteiger partial charge in [0.2, 0.25) is 0 Å². The van der Waals surface area contributed by atoms with Crippen molar-refractivity contribution in [2.24, 2.45) is 0 Å². The van der Waals surface area contributed by atoms with Crippen LogP contribution in [-0.4, -0.2) is 38.1 Å². The second-order valence-electron chi connectivity index (χ2n) is 8.67. The number of rotatable bonds is 6. The van der Waals surface area contributed by atoms with E-state index in [0.717, 1.165) is 55.9 Å². The van der Waals surface area contributed by atoms with Crippen LogP contribution in [0.1, 0.15) is 63.8 Å². The minimum absolute atomic E-state index is 0.0638. The molecule has 2 aliphatic carbocycles. The molecule has 1 heterocycles. The van der Waals surface area contributed by atoms with Crippen molar-refractivity contribution < 1.29 is 14.6 Å². The van der Waals surface area contributed by atoms with Crippen LogP contribution in [0.4, 0.5) is 10.1 Å². The molecule has 0 saturated heterocycles. The van der Waals surface area contributed by atoms with Crippen molar-refractivity contribution in [3.63, 3.8) is 0 Å². The first-order valence-corrected chi connectivity index (χ1v) is 11.0. The van der Waals surface area contributed by atoms with Gasteiger partial charge in [0.25, 0.3) is 5.56 Å². The van der Waals surface area contributed by atoms with Gasteiger partial charge >= 0.3 is 5.69 Å². The lowest BCUT2D eigenvalue weighted by Gasteiger charge is -2.25. The van der Waals surface area contributed by atoms with Gasteiger partial charge in [-0.05, 0) is 37.8 Å². The Morgan fingerprint density at radius 2 is 1.73 bits per heavy atom. The number of fused-ring (bicyclic) bond motifs is 1. The van der Waals surface area contributed by atoms with E-state index in [1.807, 2.05) is 0 Å². The molecule has 1 aromatic carbocycles. The Labute approximate surface area is 174 Å². The van der Waals surface area contributed by atoms with Crippen molar-refractivity contribution in [3.05, 3.63) is 38.8 Å². The van der Waals surface area contributed by atoms with Crippen LogP contribution in [0.15, 0.2) is 21.7 Å². The Balaban J connectivity index is 1.87. The highest BCUT2D eigenvalue weighted by atomic mass is 19.1. The predicted octanol–water partition coefficient (Wildman–Crippen LogP) is 2.52. The Hall–Kier alpha value is -2.19. The summed E-state index contributed by atoms with van der Waals surface area (Å²) in [6.45, 7) is -0.882. The number of aliphatic hydroxyl groups is 2. The van der Waals surface area contributed by atoms with Gasteiger partial charge in [-0.3, -0.25) is 13.9 Å². The molecule has 2 aromatic rings. The monoisotopic (exact) mass is 419 g/mol. The molecule has 0 aliphatic heterocycles. The molecule has 0 bridgehead atoms. The largest absolute Gasteiger partial charge is 0.394 e. The first kappa shape index (κ1) is 21.1. The first-order valence-electron chi connectivity index (χ1n) is 11.0. The zero-order valence-corrected chi connectivity index (χ0v) is 17.1. The van der Waals surface area contributed by atoms with E-state index in [-0.39, 0.29) is 24.0 Å².